The van der Waals surface area contributed by atoms with Gasteiger partial charge in [-0.1, -0.05) is 12.1 Å². The predicted octanol–water partition coefficient (Wildman–Crippen LogP) is 3.76. The Morgan fingerprint density at radius 3 is 2.50 bits per heavy atom. The molecule has 0 spiro atoms. The first-order chi connectivity index (χ1) is 11.6. The van der Waals surface area contributed by atoms with E-state index in [1.165, 1.54) is 0 Å². The molecule has 5 heteroatoms. The molecule has 1 aliphatic rings. The van der Waals surface area contributed by atoms with Crippen LogP contribution in [0.2, 0.25) is 0 Å². The van der Waals surface area contributed by atoms with Gasteiger partial charge in [-0.3, -0.25) is 4.79 Å². The molecule has 0 radical (unpaired) electrons. The Morgan fingerprint density at radius 2 is 1.79 bits per heavy atom. The maximum Gasteiger partial charge on any atom is 0.258 e. The molecule has 1 aliphatic carbocycles. The van der Waals surface area contributed by atoms with E-state index in [1.54, 1.807) is 6.20 Å². The molecule has 0 amide bonds. The third-order valence-corrected chi connectivity index (χ3v) is 5.29. The highest BCUT2D eigenvalue weighted by atomic mass is 32.1. The first-order valence-corrected chi connectivity index (χ1v) is 8.78. The van der Waals surface area contributed by atoms with E-state index in [2.05, 4.69) is 28.4 Å². The number of fused-ring (bicyclic) bond motifs is 1. The average molecular weight is 340 g/mol. The SMILES string of the molecule is O=c1[nH]ccc2c1c(-c1ccc(S)cc1)cn2[C@H]1CC[C@@H](O)CC1. The monoisotopic (exact) mass is 340 g/mol. The normalized spacial score (nSPS) is 21.2. The highest BCUT2D eigenvalue weighted by molar-refractivity contribution is 7.80. The fraction of sp³-hybridized carbons (Fsp3) is 0.316. The van der Waals surface area contributed by atoms with E-state index < -0.39 is 0 Å². The topological polar surface area (TPSA) is 58.0 Å². The quantitative estimate of drug-likeness (QED) is 0.622. The summed E-state index contributed by atoms with van der Waals surface area (Å²) in [5.74, 6) is 0. The number of H-pyrrole nitrogens is 1. The Kier molecular flexibility index (Phi) is 3.98. The van der Waals surface area contributed by atoms with E-state index >= 15 is 0 Å². The van der Waals surface area contributed by atoms with Crippen LogP contribution < -0.4 is 5.56 Å². The first-order valence-electron chi connectivity index (χ1n) is 8.33. The van der Waals surface area contributed by atoms with Crippen molar-refractivity contribution in [3.63, 3.8) is 0 Å². The second-order valence-corrected chi connectivity index (χ2v) is 7.04. The molecule has 0 unspecified atom stereocenters. The fourth-order valence-corrected chi connectivity index (χ4v) is 3.86. The highest BCUT2D eigenvalue weighted by Gasteiger charge is 2.23. The van der Waals surface area contributed by atoms with Gasteiger partial charge in [0.15, 0.2) is 0 Å². The minimum atomic E-state index is -0.186. The summed E-state index contributed by atoms with van der Waals surface area (Å²) in [6.45, 7) is 0. The summed E-state index contributed by atoms with van der Waals surface area (Å²) < 4.78 is 2.22. The smallest absolute Gasteiger partial charge is 0.258 e. The zero-order chi connectivity index (χ0) is 16.7. The van der Waals surface area contributed by atoms with Crippen molar-refractivity contribution in [1.82, 2.24) is 9.55 Å². The largest absolute Gasteiger partial charge is 0.393 e. The summed E-state index contributed by atoms with van der Waals surface area (Å²) in [5.41, 5.74) is 2.87. The number of aliphatic hydroxyl groups is 1. The van der Waals surface area contributed by atoms with Gasteiger partial charge < -0.3 is 14.7 Å². The van der Waals surface area contributed by atoms with Gasteiger partial charge in [0.25, 0.3) is 5.56 Å². The number of thiol groups is 1. The number of aromatic nitrogens is 2. The van der Waals surface area contributed by atoms with Crippen molar-refractivity contribution in [3.8, 4) is 11.1 Å². The minimum absolute atomic E-state index is 0.0629. The van der Waals surface area contributed by atoms with Crippen molar-refractivity contribution in [2.24, 2.45) is 0 Å². The van der Waals surface area contributed by atoms with Gasteiger partial charge in [-0.2, -0.15) is 0 Å². The number of rotatable bonds is 2. The molecule has 3 aromatic rings. The van der Waals surface area contributed by atoms with Crippen LogP contribution >= 0.6 is 12.6 Å². The van der Waals surface area contributed by atoms with Crippen molar-refractivity contribution in [3.05, 3.63) is 53.1 Å². The molecule has 0 bridgehead atoms. The summed E-state index contributed by atoms with van der Waals surface area (Å²) in [6.07, 6.45) is 7.12. The molecule has 1 saturated carbocycles. The zero-order valence-electron chi connectivity index (χ0n) is 13.3. The Bertz CT molecular complexity index is 919. The first kappa shape index (κ1) is 15.5. The second kappa shape index (κ2) is 6.15. The average Bonchev–Trinajstić information content (AvgIpc) is 2.97. The standard InChI is InChI=1S/C19H20N2O2S/c22-14-5-3-13(4-6-14)21-11-16(12-1-7-15(24)8-2-12)18-17(21)9-10-20-19(18)23/h1-2,7-11,13-14,22,24H,3-6H2,(H,20,23)/t13-,14+. The summed E-state index contributed by atoms with van der Waals surface area (Å²) >= 11 is 4.34. The number of hydrogen-bond donors (Lipinski definition) is 3. The van der Waals surface area contributed by atoms with Crippen LogP contribution in [0.4, 0.5) is 0 Å². The molecule has 0 atom stereocenters. The molecule has 24 heavy (non-hydrogen) atoms. The van der Waals surface area contributed by atoms with Gasteiger partial charge in [0.2, 0.25) is 0 Å². The van der Waals surface area contributed by atoms with Crippen molar-refractivity contribution in [2.45, 2.75) is 42.7 Å². The molecule has 1 fully saturated rings. The maximum absolute atomic E-state index is 12.5. The molecule has 2 N–H and O–H groups in total. The minimum Gasteiger partial charge on any atom is -0.393 e. The number of nitrogens with one attached hydrogen (secondary N) is 1. The molecule has 2 heterocycles. The Balaban J connectivity index is 1.88. The number of hydrogen-bond acceptors (Lipinski definition) is 3. The van der Waals surface area contributed by atoms with Crippen LogP contribution in [0.15, 0.2) is 52.4 Å². The fourth-order valence-electron chi connectivity index (χ4n) is 3.72. The van der Waals surface area contributed by atoms with Gasteiger partial charge >= 0.3 is 0 Å². The van der Waals surface area contributed by atoms with Crippen molar-refractivity contribution >= 4 is 23.5 Å². The molecule has 0 aliphatic heterocycles. The molecule has 4 nitrogen and oxygen atoms in total. The maximum atomic E-state index is 12.5. The van der Waals surface area contributed by atoms with E-state index in [-0.39, 0.29) is 11.7 Å². The van der Waals surface area contributed by atoms with E-state index in [9.17, 15) is 9.90 Å². The summed E-state index contributed by atoms with van der Waals surface area (Å²) in [7, 11) is 0. The second-order valence-electron chi connectivity index (χ2n) is 6.53. The van der Waals surface area contributed by atoms with Crippen LogP contribution in [-0.4, -0.2) is 20.8 Å². The third kappa shape index (κ3) is 2.68. The van der Waals surface area contributed by atoms with Crippen LogP contribution in [-0.2, 0) is 0 Å². The number of pyridine rings is 1. The van der Waals surface area contributed by atoms with Gasteiger partial charge in [-0.25, -0.2) is 0 Å². The summed E-state index contributed by atoms with van der Waals surface area (Å²) in [4.78, 5) is 16.2. The lowest BCUT2D eigenvalue weighted by molar-refractivity contribution is 0.111. The molecule has 4 rings (SSSR count). The lowest BCUT2D eigenvalue weighted by Gasteiger charge is -2.27. The van der Waals surface area contributed by atoms with Gasteiger partial charge in [0.1, 0.15) is 0 Å². The number of aromatic amines is 1. The van der Waals surface area contributed by atoms with E-state index in [4.69, 9.17) is 0 Å². The number of benzene rings is 1. The predicted molar refractivity (Wildman–Crippen MR) is 98.8 cm³/mol. The van der Waals surface area contributed by atoms with Crippen LogP contribution in [0.1, 0.15) is 31.7 Å². The van der Waals surface area contributed by atoms with Crippen LogP contribution in [0.3, 0.4) is 0 Å². The van der Waals surface area contributed by atoms with Gasteiger partial charge in [0, 0.05) is 28.9 Å². The van der Waals surface area contributed by atoms with Gasteiger partial charge in [-0.05, 0) is 49.4 Å². The highest BCUT2D eigenvalue weighted by Crippen LogP contribution is 2.35. The van der Waals surface area contributed by atoms with E-state index in [1.807, 2.05) is 30.3 Å². The molecule has 0 saturated heterocycles. The molecule has 1 aromatic carbocycles. The Labute approximate surface area is 145 Å². The Morgan fingerprint density at radius 1 is 1.08 bits per heavy atom. The van der Waals surface area contributed by atoms with E-state index in [0.717, 1.165) is 52.6 Å². The van der Waals surface area contributed by atoms with Crippen LogP contribution in [0.5, 0.6) is 0 Å². The number of aliphatic hydroxyl groups excluding tert-OH is 1. The lowest BCUT2D eigenvalue weighted by atomic mass is 9.93. The Hall–Kier alpha value is -1.98. The molecular weight excluding hydrogens is 320 g/mol. The summed E-state index contributed by atoms with van der Waals surface area (Å²) in [6, 6.07) is 10.2. The van der Waals surface area contributed by atoms with E-state index in [0.29, 0.717) is 6.04 Å². The van der Waals surface area contributed by atoms with Crippen LogP contribution in [0, 0.1) is 0 Å². The molecule has 2 aromatic heterocycles. The zero-order valence-corrected chi connectivity index (χ0v) is 14.2. The third-order valence-electron chi connectivity index (χ3n) is 4.99. The molecular formula is C19H20N2O2S. The van der Waals surface area contributed by atoms with Crippen LogP contribution in [0.25, 0.3) is 22.0 Å². The summed E-state index contributed by atoms with van der Waals surface area (Å²) in [5, 5.41) is 10.5. The van der Waals surface area contributed by atoms with Gasteiger partial charge in [-0.15, -0.1) is 12.6 Å². The molecule has 124 valence electrons. The number of nitrogens with zero attached hydrogens (tertiary/aromatic N) is 1. The lowest BCUT2D eigenvalue weighted by Crippen LogP contribution is -2.20. The van der Waals surface area contributed by atoms with Crippen molar-refractivity contribution in [2.75, 3.05) is 0 Å². The van der Waals surface area contributed by atoms with Gasteiger partial charge in [0.05, 0.1) is 17.0 Å². The van der Waals surface area contributed by atoms with Crippen molar-refractivity contribution in [1.29, 1.82) is 0 Å². The van der Waals surface area contributed by atoms with Crippen molar-refractivity contribution < 1.29 is 5.11 Å².